The van der Waals surface area contributed by atoms with Gasteiger partial charge in [0.15, 0.2) is 0 Å². The number of ether oxygens (including phenoxy) is 1. The third-order valence-electron chi connectivity index (χ3n) is 4.84. The fourth-order valence-electron chi connectivity index (χ4n) is 3.49. The maximum Gasteiger partial charge on any atom is 0.263 e. The van der Waals surface area contributed by atoms with Crippen molar-refractivity contribution in [3.8, 4) is 0 Å². The first-order chi connectivity index (χ1) is 12.3. The standard InChI is InChI=1S/C17H22N6O2/c1-3-23-7-6-18-16(23)14(12-4-8-24-9-5-12)21-15-13-11(2)22-25-17(13)20-10-19-15/h6-7,10,12,14H,3-5,8-9H2,1-2H3,(H,19,20,21)/t14-/m1/s1. The predicted octanol–water partition coefficient (Wildman–Crippen LogP) is 2.72. The number of aromatic nitrogens is 5. The van der Waals surface area contributed by atoms with E-state index >= 15 is 0 Å². The third kappa shape index (κ3) is 2.97. The van der Waals surface area contributed by atoms with Gasteiger partial charge >= 0.3 is 0 Å². The van der Waals surface area contributed by atoms with Crippen molar-refractivity contribution in [3.05, 3.63) is 30.2 Å². The molecule has 0 saturated carbocycles. The van der Waals surface area contributed by atoms with Crippen molar-refractivity contribution in [3.63, 3.8) is 0 Å². The zero-order valence-corrected chi connectivity index (χ0v) is 14.5. The van der Waals surface area contributed by atoms with E-state index in [1.165, 1.54) is 6.33 Å². The van der Waals surface area contributed by atoms with E-state index in [-0.39, 0.29) is 6.04 Å². The van der Waals surface area contributed by atoms with E-state index in [4.69, 9.17) is 9.26 Å². The number of imidazole rings is 1. The molecule has 4 rings (SSSR count). The summed E-state index contributed by atoms with van der Waals surface area (Å²) in [5.41, 5.74) is 1.28. The van der Waals surface area contributed by atoms with Gasteiger partial charge in [-0.3, -0.25) is 0 Å². The van der Waals surface area contributed by atoms with E-state index in [0.29, 0.717) is 11.6 Å². The Balaban J connectivity index is 1.74. The fourth-order valence-corrected chi connectivity index (χ4v) is 3.49. The van der Waals surface area contributed by atoms with E-state index in [1.54, 1.807) is 0 Å². The lowest BCUT2D eigenvalue weighted by molar-refractivity contribution is 0.0593. The van der Waals surface area contributed by atoms with Crippen LogP contribution in [-0.4, -0.2) is 37.9 Å². The van der Waals surface area contributed by atoms with Gasteiger partial charge in [0, 0.05) is 32.2 Å². The summed E-state index contributed by atoms with van der Waals surface area (Å²) >= 11 is 0. The SMILES string of the molecule is CCn1ccnc1[C@H](Nc1ncnc2onc(C)c12)C1CCOCC1. The molecule has 132 valence electrons. The number of hydrogen-bond acceptors (Lipinski definition) is 7. The van der Waals surface area contributed by atoms with Crippen molar-refractivity contribution >= 4 is 16.9 Å². The van der Waals surface area contributed by atoms with Gasteiger partial charge in [-0.25, -0.2) is 9.97 Å². The van der Waals surface area contributed by atoms with Crippen LogP contribution in [0.25, 0.3) is 11.1 Å². The summed E-state index contributed by atoms with van der Waals surface area (Å²) in [5.74, 6) is 2.19. The van der Waals surface area contributed by atoms with Crippen LogP contribution in [0.2, 0.25) is 0 Å². The van der Waals surface area contributed by atoms with Gasteiger partial charge in [-0.15, -0.1) is 0 Å². The molecule has 4 heterocycles. The highest BCUT2D eigenvalue weighted by Gasteiger charge is 2.30. The van der Waals surface area contributed by atoms with Crippen molar-refractivity contribution in [2.75, 3.05) is 18.5 Å². The summed E-state index contributed by atoms with van der Waals surface area (Å²) in [6, 6.07) is 0.0475. The van der Waals surface area contributed by atoms with Crippen LogP contribution in [0.4, 0.5) is 5.82 Å². The van der Waals surface area contributed by atoms with Gasteiger partial charge in [-0.1, -0.05) is 5.16 Å². The monoisotopic (exact) mass is 342 g/mol. The van der Waals surface area contributed by atoms with Gasteiger partial charge in [-0.05, 0) is 32.6 Å². The van der Waals surface area contributed by atoms with Crippen LogP contribution in [-0.2, 0) is 11.3 Å². The van der Waals surface area contributed by atoms with Crippen molar-refractivity contribution in [2.24, 2.45) is 5.92 Å². The molecule has 1 fully saturated rings. The molecule has 25 heavy (non-hydrogen) atoms. The highest BCUT2D eigenvalue weighted by atomic mass is 16.5. The van der Waals surface area contributed by atoms with Crippen LogP contribution in [0.15, 0.2) is 23.2 Å². The van der Waals surface area contributed by atoms with Gasteiger partial charge in [0.05, 0.1) is 11.7 Å². The Morgan fingerprint density at radius 2 is 2.12 bits per heavy atom. The lowest BCUT2D eigenvalue weighted by Gasteiger charge is -2.31. The van der Waals surface area contributed by atoms with Crippen LogP contribution in [0, 0.1) is 12.8 Å². The van der Waals surface area contributed by atoms with Crippen LogP contribution < -0.4 is 5.32 Å². The minimum Gasteiger partial charge on any atom is -0.381 e. The Bertz CT molecular complexity index is 852. The second-order valence-electron chi connectivity index (χ2n) is 6.31. The van der Waals surface area contributed by atoms with E-state index in [1.807, 2.05) is 19.3 Å². The van der Waals surface area contributed by atoms with Crippen LogP contribution >= 0.6 is 0 Å². The molecule has 1 atom stereocenters. The largest absolute Gasteiger partial charge is 0.381 e. The molecule has 0 aromatic carbocycles. The molecule has 8 nitrogen and oxygen atoms in total. The van der Waals surface area contributed by atoms with Crippen LogP contribution in [0.5, 0.6) is 0 Å². The molecular formula is C17H22N6O2. The quantitative estimate of drug-likeness (QED) is 0.762. The van der Waals surface area contributed by atoms with Crippen molar-refractivity contribution in [1.82, 2.24) is 24.7 Å². The lowest BCUT2D eigenvalue weighted by atomic mass is 9.91. The first-order valence-electron chi connectivity index (χ1n) is 8.70. The lowest BCUT2D eigenvalue weighted by Crippen LogP contribution is -2.29. The normalized spacial score (nSPS) is 17.0. The topological polar surface area (TPSA) is 90.9 Å². The molecule has 0 amide bonds. The average Bonchev–Trinajstić information content (AvgIpc) is 3.27. The minimum absolute atomic E-state index is 0.0475. The smallest absolute Gasteiger partial charge is 0.263 e. The molecule has 0 bridgehead atoms. The molecule has 0 spiro atoms. The molecule has 3 aromatic rings. The summed E-state index contributed by atoms with van der Waals surface area (Å²) in [6.45, 7) is 6.46. The molecule has 8 heteroatoms. The number of anilines is 1. The Morgan fingerprint density at radius 3 is 2.92 bits per heavy atom. The van der Waals surface area contributed by atoms with Gasteiger partial charge < -0.3 is 19.1 Å². The van der Waals surface area contributed by atoms with Gasteiger partial charge in [0.2, 0.25) is 0 Å². The van der Waals surface area contributed by atoms with Crippen molar-refractivity contribution in [1.29, 1.82) is 0 Å². The van der Waals surface area contributed by atoms with E-state index in [2.05, 4.69) is 36.9 Å². The maximum absolute atomic E-state index is 5.55. The zero-order valence-electron chi connectivity index (χ0n) is 14.5. The summed E-state index contributed by atoms with van der Waals surface area (Å²) in [5, 5.41) is 8.45. The molecular weight excluding hydrogens is 320 g/mol. The molecule has 3 aromatic heterocycles. The van der Waals surface area contributed by atoms with Gasteiger partial charge in [-0.2, -0.15) is 4.98 Å². The minimum atomic E-state index is 0.0475. The molecule has 0 radical (unpaired) electrons. The summed E-state index contributed by atoms with van der Waals surface area (Å²) in [6.07, 6.45) is 7.36. The Kier molecular flexibility index (Phi) is 4.35. The first kappa shape index (κ1) is 16.0. The van der Waals surface area contributed by atoms with Gasteiger partial charge in [0.1, 0.15) is 23.4 Å². The summed E-state index contributed by atoms with van der Waals surface area (Å²) < 4.78 is 13.0. The van der Waals surface area contributed by atoms with E-state index in [9.17, 15) is 0 Å². The highest BCUT2D eigenvalue weighted by molar-refractivity contribution is 5.87. The fraction of sp³-hybridized carbons (Fsp3) is 0.529. The van der Waals surface area contributed by atoms with Crippen LogP contribution in [0.3, 0.4) is 0 Å². The average molecular weight is 342 g/mol. The first-order valence-corrected chi connectivity index (χ1v) is 8.70. The number of fused-ring (bicyclic) bond motifs is 1. The molecule has 1 aliphatic rings. The zero-order chi connectivity index (χ0) is 17.2. The van der Waals surface area contributed by atoms with Crippen LogP contribution in [0.1, 0.15) is 37.3 Å². The number of aryl methyl sites for hydroxylation is 2. The second-order valence-corrected chi connectivity index (χ2v) is 6.31. The van der Waals surface area contributed by atoms with Crippen molar-refractivity contribution in [2.45, 2.75) is 39.3 Å². The Hall–Kier alpha value is -2.48. The second kappa shape index (κ2) is 6.79. The predicted molar refractivity (Wildman–Crippen MR) is 92.1 cm³/mol. The number of nitrogens with one attached hydrogen (secondary N) is 1. The highest BCUT2D eigenvalue weighted by Crippen LogP contribution is 2.34. The number of hydrogen-bond donors (Lipinski definition) is 1. The number of nitrogens with zero attached hydrogens (tertiary/aromatic N) is 5. The molecule has 0 unspecified atom stereocenters. The summed E-state index contributed by atoms with van der Waals surface area (Å²) in [7, 11) is 0. The third-order valence-corrected chi connectivity index (χ3v) is 4.84. The van der Waals surface area contributed by atoms with E-state index in [0.717, 1.165) is 55.3 Å². The van der Waals surface area contributed by atoms with Crippen molar-refractivity contribution < 1.29 is 9.26 Å². The Morgan fingerprint density at radius 1 is 1.28 bits per heavy atom. The van der Waals surface area contributed by atoms with E-state index < -0.39 is 0 Å². The van der Waals surface area contributed by atoms with Gasteiger partial charge in [0.25, 0.3) is 5.71 Å². The Labute approximate surface area is 145 Å². The molecule has 1 aliphatic heterocycles. The summed E-state index contributed by atoms with van der Waals surface area (Å²) in [4.78, 5) is 13.2. The maximum atomic E-state index is 5.55. The molecule has 0 aliphatic carbocycles. The number of rotatable bonds is 5. The molecule has 1 saturated heterocycles. The molecule has 1 N–H and O–H groups in total.